The van der Waals surface area contributed by atoms with E-state index in [-0.39, 0.29) is 42.2 Å². The summed E-state index contributed by atoms with van der Waals surface area (Å²) in [6.45, 7) is 7.08. The first-order valence-electron chi connectivity index (χ1n) is 11.4. The number of hydrogen-bond donors (Lipinski definition) is 1. The van der Waals surface area contributed by atoms with Crippen LogP contribution >= 0.6 is 0 Å². The molecule has 1 atom stereocenters. The summed E-state index contributed by atoms with van der Waals surface area (Å²) in [6.07, 6.45) is 0.377. The molecule has 0 radical (unpaired) electrons. The number of nitrogens with one attached hydrogen (secondary N) is 1. The first-order valence-corrected chi connectivity index (χ1v) is 11.4. The van der Waals surface area contributed by atoms with Crippen LogP contribution in [0.15, 0.2) is 40.9 Å². The lowest BCUT2D eigenvalue weighted by molar-refractivity contribution is -0.121. The highest BCUT2D eigenvalue weighted by atomic mass is 19.1. The van der Waals surface area contributed by atoms with Crippen LogP contribution in [0.5, 0.6) is 0 Å². The zero-order valence-corrected chi connectivity index (χ0v) is 19.6. The van der Waals surface area contributed by atoms with Crippen molar-refractivity contribution in [2.75, 3.05) is 38.1 Å². The molecule has 1 saturated heterocycles. The average Bonchev–Trinajstić information content (AvgIpc) is 3.29. The van der Waals surface area contributed by atoms with Crippen molar-refractivity contribution in [3.05, 3.63) is 65.1 Å². The first kappa shape index (κ1) is 23.8. The molecule has 2 aromatic carbocycles. The predicted octanol–water partition coefficient (Wildman–Crippen LogP) is 3.89. The van der Waals surface area contributed by atoms with E-state index in [9.17, 15) is 13.6 Å². The fourth-order valence-electron chi connectivity index (χ4n) is 4.03. The molecular formula is C25H29F2N5O2. The third-order valence-corrected chi connectivity index (χ3v) is 6.14. The van der Waals surface area contributed by atoms with Gasteiger partial charge in [0.05, 0.1) is 6.04 Å². The van der Waals surface area contributed by atoms with Gasteiger partial charge in [0.25, 0.3) is 0 Å². The van der Waals surface area contributed by atoms with E-state index < -0.39 is 0 Å². The number of anilines is 1. The topological polar surface area (TPSA) is 74.5 Å². The van der Waals surface area contributed by atoms with E-state index in [1.54, 1.807) is 25.1 Å². The Balaban J connectivity index is 1.37. The summed E-state index contributed by atoms with van der Waals surface area (Å²) in [6, 6.07) is 9.09. The van der Waals surface area contributed by atoms with Crippen LogP contribution in [0.2, 0.25) is 0 Å². The molecule has 4 rings (SSSR count). The molecule has 9 heteroatoms. The van der Waals surface area contributed by atoms with Gasteiger partial charge in [-0.15, -0.1) is 0 Å². The molecule has 1 unspecified atom stereocenters. The largest absolute Gasteiger partial charge is 0.369 e. The number of carbonyl (C=O) groups is 1. The quantitative estimate of drug-likeness (QED) is 0.566. The van der Waals surface area contributed by atoms with Gasteiger partial charge in [0.15, 0.2) is 0 Å². The molecule has 180 valence electrons. The van der Waals surface area contributed by atoms with E-state index in [2.05, 4.69) is 32.3 Å². The number of aromatic nitrogens is 2. The Bertz CT molecular complexity index is 1160. The van der Waals surface area contributed by atoms with Gasteiger partial charge in [0.1, 0.15) is 11.6 Å². The lowest BCUT2D eigenvalue weighted by atomic mass is 10.0. The molecule has 1 fully saturated rings. The van der Waals surface area contributed by atoms with Crippen molar-refractivity contribution in [1.29, 1.82) is 0 Å². The van der Waals surface area contributed by atoms with Crippen molar-refractivity contribution < 1.29 is 18.1 Å². The number of nitrogens with zero attached hydrogens (tertiary/aromatic N) is 4. The molecule has 0 bridgehead atoms. The van der Waals surface area contributed by atoms with Gasteiger partial charge in [-0.2, -0.15) is 4.98 Å². The number of rotatable bonds is 7. The molecule has 3 aromatic rings. The molecular weight excluding hydrogens is 440 g/mol. The van der Waals surface area contributed by atoms with Gasteiger partial charge in [0.2, 0.25) is 17.6 Å². The van der Waals surface area contributed by atoms with Crippen LogP contribution in [-0.2, 0) is 11.2 Å². The fourth-order valence-corrected chi connectivity index (χ4v) is 4.03. The van der Waals surface area contributed by atoms with Crippen LogP contribution in [0.4, 0.5) is 14.5 Å². The van der Waals surface area contributed by atoms with Crippen molar-refractivity contribution >= 4 is 11.6 Å². The summed E-state index contributed by atoms with van der Waals surface area (Å²) in [5.74, 6) is -0.311. The maximum atomic E-state index is 14.0. The van der Waals surface area contributed by atoms with E-state index in [4.69, 9.17) is 4.52 Å². The van der Waals surface area contributed by atoms with Gasteiger partial charge in [-0.3, -0.25) is 4.79 Å². The van der Waals surface area contributed by atoms with Crippen LogP contribution in [0.1, 0.15) is 36.4 Å². The predicted molar refractivity (Wildman–Crippen MR) is 125 cm³/mol. The fraction of sp³-hybridized carbons (Fsp3) is 0.400. The molecule has 0 spiro atoms. The highest BCUT2D eigenvalue weighted by molar-refractivity contribution is 5.77. The molecule has 1 aliphatic heterocycles. The minimum absolute atomic E-state index is 0.132. The second-order valence-corrected chi connectivity index (χ2v) is 8.76. The average molecular weight is 470 g/mol. The summed E-state index contributed by atoms with van der Waals surface area (Å²) in [5.41, 5.74) is 2.74. The number of hydrogen-bond acceptors (Lipinski definition) is 6. The molecule has 1 amide bonds. The monoisotopic (exact) mass is 469 g/mol. The number of piperazine rings is 1. The summed E-state index contributed by atoms with van der Waals surface area (Å²) >= 11 is 0. The molecule has 0 saturated carbocycles. The highest BCUT2D eigenvalue weighted by Gasteiger charge is 2.21. The van der Waals surface area contributed by atoms with Gasteiger partial charge in [-0.05, 0) is 50.7 Å². The summed E-state index contributed by atoms with van der Waals surface area (Å²) in [7, 11) is 2.08. The van der Waals surface area contributed by atoms with Gasteiger partial charge >= 0.3 is 0 Å². The van der Waals surface area contributed by atoms with E-state index in [1.807, 2.05) is 6.92 Å². The zero-order chi connectivity index (χ0) is 24.2. The van der Waals surface area contributed by atoms with Crippen molar-refractivity contribution in [2.24, 2.45) is 0 Å². The smallest absolute Gasteiger partial charge is 0.227 e. The Morgan fingerprint density at radius 2 is 1.91 bits per heavy atom. The maximum absolute atomic E-state index is 14.0. The lowest BCUT2D eigenvalue weighted by Gasteiger charge is -2.36. The van der Waals surface area contributed by atoms with Crippen molar-refractivity contribution in [3.8, 4) is 11.4 Å². The molecule has 34 heavy (non-hydrogen) atoms. The van der Waals surface area contributed by atoms with Crippen LogP contribution in [0, 0.1) is 18.6 Å². The second kappa shape index (κ2) is 10.3. The van der Waals surface area contributed by atoms with Gasteiger partial charge in [-0.1, -0.05) is 17.3 Å². The van der Waals surface area contributed by atoms with Gasteiger partial charge in [-0.25, -0.2) is 8.78 Å². The SMILES string of the molecule is Cc1ccc(-c2noc(CCC(=O)NC(C)c3cc(F)ccc3N3CCN(C)CC3)n2)cc1F. The second-order valence-electron chi connectivity index (χ2n) is 8.76. The summed E-state index contributed by atoms with van der Waals surface area (Å²) in [5, 5.41) is 6.84. The van der Waals surface area contributed by atoms with Crippen LogP contribution in [0.25, 0.3) is 11.4 Å². The third kappa shape index (κ3) is 5.59. The van der Waals surface area contributed by atoms with Gasteiger partial charge < -0.3 is 19.6 Å². The Kier molecular flexibility index (Phi) is 7.21. The lowest BCUT2D eigenvalue weighted by Crippen LogP contribution is -2.45. The van der Waals surface area contributed by atoms with Crippen molar-refractivity contribution in [1.82, 2.24) is 20.4 Å². The zero-order valence-electron chi connectivity index (χ0n) is 19.6. The molecule has 0 aliphatic carbocycles. The number of benzene rings is 2. The van der Waals surface area contributed by atoms with Crippen molar-refractivity contribution in [2.45, 2.75) is 32.7 Å². The number of amides is 1. The first-order chi connectivity index (χ1) is 16.3. The minimum Gasteiger partial charge on any atom is -0.369 e. The Labute approximate surface area is 197 Å². The summed E-state index contributed by atoms with van der Waals surface area (Å²) < 4.78 is 33.1. The van der Waals surface area contributed by atoms with E-state index in [0.717, 1.165) is 37.4 Å². The Morgan fingerprint density at radius 1 is 1.15 bits per heavy atom. The molecule has 1 aliphatic rings. The van der Waals surface area contributed by atoms with Gasteiger partial charge in [0, 0.05) is 55.8 Å². The van der Waals surface area contributed by atoms with Crippen LogP contribution < -0.4 is 10.2 Å². The number of halogens is 2. The number of likely N-dealkylation sites (N-methyl/N-ethyl adjacent to an activating group) is 1. The standard InChI is InChI=1S/C25H29F2N5O2/c1-16-4-5-18(14-21(16)27)25-29-24(34-30-25)9-8-23(33)28-17(2)20-15-19(26)6-7-22(20)32-12-10-31(3)11-13-32/h4-7,14-15,17H,8-13H2,1-3H3,(H,28,33). The van der Waals surface area contributed by atoms with Crippen LogP contribution in [-0.4, -0.2) is 54.2 Å². The van der Waals surface area contributed by atoms with E-state index >= 15 is 0 Å². The third-order valence-electron chi connectivity index (χ3n) is 6.14. The van der Waals surface area contributed by atoms with Crippen LogP contribution in [0.3, 0.4) is 0 Å². The highest BCUT2D eigenvalue weighted by Crippen LogP contribution is 2.28. The van der Waals surface area contributed by atoms with E-state index in [1.165, 1.54) is 18.2 Å². The van der Waals surface area contributed by atoms with Crippen molar-refractivity contribution in [3.63, 3.8) is 0 Å². The molecule has 7 nitrogen and oxygen atoms in total. The van der Waals surface area contributed by atoms with E-state index in [0.29, 0.717) is 17.0 Å². The number of carbonyl (C=O) groups excluding carboxylic acids is 1. The summed E-state index contributed by atoms with van der Waals surface area (Å²) in [4.78, 5) is 21.4. The molecule has 1 N–H and O–H groups in total. The minimum atomic E-state index is -0.369. The number of aryl methyl sites for hydroxylation is 2. The Hall–Kier alpha value is -3.33. The maximum Gasteiger partial charge on any atom is 0.227 e. The molecule has 1 aromatic heterocycles. The molecule has 2 heterocycles. The normalized spacial score (nSPS) is 15.4. The Morgan fingerprint density at radius 3 is 2.65 bits per heavy atom.